The van der Waals surface area contributed by atoms with Crippen molar-refractivity contribution in [3.63, 3.8) is 0 Å². The summed E-state index contributed by atoms with van der Waals surface area (Å²) in [7, 11) is -2.17. The predicted molar refractivity (Wildman–Crippen MR) is 98.2 cm³/mol. The van der Waals surface area contributed by atoms with Gasteiger partial charge in [0.1, 0.15) is 0 Å². The molecule has 0 aliphatic heterocycles. The van der Waals surface area contributed by atoms with Crippen molar-refractivity contribution in [2.45, 2.75) is 11.3 Å². The van der Waals surface area contributed by atoms with E-state index in [9.17, 15) is 18.0 Å². The summed E-state index contributed by atoms with van der Waals surface area (Å²) in [5, 5.41) is 3.14. The van der Waals surface area contributed by atoms with Crippen LogP contribution in [0.2, 0.25) is 5.02 Å². The highest BCUT2D eigenvalue weighted by Crippen LogP contribution is 2.20. The Bertz CT molecular complexity index is 1130. The SMILES string of the molecule is Cn1c(=O)oc2cc(S(=O)(=O)CCC(=O)Nc3ccc(Cl)cc3)ccc21. The number of aryl methyl sites for hydroxylation is 1. The van der Waals surface area contributed by atoms with E-state index < -0.39 is 21.5 Å². The van der Waals surface area contributed by atoms with Crippen LogP contribution in [0, 0.1) is 0 Å². The number of carbonyl (C=O) groups is 1. The Kier molecular flexibility index (Phi) is 4.88. The number of sulfone groups is 1. The predicted octanol–water partition coefficient (Wildman–Crippen LogP) is 2.59. The molecule has 0 radical (unpaired) electrons. The smallest absolute Gasteiger partial charge is 0.408 e. The van der Waals surface area contributed by atoms with E-state index in [0.717, 1.165) is 0 Å². The number of carbonyl (C=O) groups excluding carboxylic acids is 1. The lowest BCUT2D eigenvalue weighted by Crippen LogP contribution is -2.17. The molecule has 1 heterocycles. The van der Waals surface area contributed by atoms with Gasteiger partial charge in [-0.05, 0) is 36.4 Å². The molecule has 7 nitrogen and oxygen atoms in total. The second kappa shape index (κ2) is 6.97. The average molecular weight is 395 g/mol. The van der Waals surface area contributed by atoms with Gasteiger partial charge in [0.25, 0.3) is 0 Å². The van der Waals surface area contributed by atoms with Crippen molar-refractivity contribution >= 4 is 44.1 Å². The van der Waals surface area contributed by atoms with Crippen molar-refractivity contribution in [3.05, 3.63) is 58.0 Å². The topological polar surface area (TPSA) is 98.4 Å². The lowest BCUT2D eigenvalue weighted by Gasteiger charge is -2.07. The van der Waals surface area contributed by atoms with E-state index in [1.165, 1.54) is 29.8 Å². The fourth-order valence-corrected chi connectivity index (χ4v) is 3.79. The standard InChI is InChI=1S/C17H15ClN2O5S/c1-20-14-7-6-13(10-15(14)25-17(20)22)26(23,24)9-8-16(21)19-12-4-2-11(18)3-5-12/h2-7,10H,8-9H2,1H3,(H,19,21). The van der Waals surface area contributed by atoms with Gasteiger partial charge >= 0.3 is 5.76 Å². The number of hydrogen-bond acceptors (Lipinski definition) is 5. The van der Waals surface area contributed by atoms with Gasteiger partial charge in [-0.25, -0.2) is 13.2 Å². The van der Waals surface area contributed by atoms with Crippen molar-refractivity contribution < 1.29 is 17.6 Å². The molecule has 1 aromatic heterocycles. The molecule has 26 heavy (non-hydrogen) atoms. The third kappa shape index (κ3) is 3.81. The molecule has 0 aliphatic carbocycles. The van der Waals surface area contributed by atoms with E-state index in [0.29, 0.717) is 16.2 Å². The maximum Gasteiger partial charge on any atom is 0.419 e. The summed E-state index contributed by atoms with van der Waals surface area (Å²) in [4.78, 5) is 23.5. The van der Waals surface area contributed by atoms with Crippen LogP contribution < -0.4 is 11.1 Å². The minimum atomic E-state index is -3.70. The van der Waals surface area contributed by atoms with Gasteiger partial charge in [0.2, 0.25) is 5.91 Å². The van der Waals surface area contributed by atoms with Crippen LogP contribution in [0.25, 0.3) is 11.1 Å². The van der Waals surface area contributed by atoms with Crippen LogP contribution in [0.1, 0.15) is 6.42 Å². The Morgan fingerprint density at radius 2 is 1.88 bits per heavy atom. The summed E-state index contributed by atoms with van der Waals surface area (Å²) in [5.41, 5.74) is 1.21. The van der Waals surface area contributed by atoms with Crippen molar-refractivity contribution in [3.8, 4) is 0 Å². The van der Waals surface area contributed by atoms with Crippen molar-refractivity contribution in [2.24, 2.45) is 7.05 Å². The number of halogens is 1. The molecule has 0 atom stereocenters. The number of anilines is 1. The summed E-state index contributed by atoms with van der Waals surface area (Å²) in [5.74, 6) is -1.37. The molecule has 0 aliphatic rings. The first-order valence-corrected chi connectivity index (χ1v) is 9.67. The number of hydrogen-bond donors (Lipinski definition) is 1. The normalized spacial score (nSPS) is 11.6. The zero-order valence-corrected chi connectivity index (χ0v) is 15.3. The number of aromatic nitrogens is 1. The van der Waals surface area contributed by atoms with Gasteiger partial charge in [-0.2, -0.15) is 0 Å². The molecule has 2 aromatic carbocycles. The third-order valence-electron chi connectivity index (χ3n) is 3.85. The van der Waals surface area contributed by atoms with Gasteiger partial charge in [-0.1, -0.05) is 11.6 Å². The van der Waals surface area contributed by atoms with Crippen LogP contribution in [-0.2, 0) is 21.7 Å². The lowest BCUT2D eigenvalue weighted by atomic mass is 10.3. The number of benzene rings is 2. The number of nitrogens with zero attached hydrogens (tertiary/aromatic N) is 1. The molecule has 0 saturated heterocycles. The maximum atomic E-state index is 12.4. The Hall–Kier alpha value is -2.58. The Morgan fingerprint density at radius 3 is 2.58 bits per heavy atom. The van der Waals surface area contributed by atoms with Crippen LogP contribution in [0.5, 0.6) is 0 Å². The molecule has 3 aromatic rings. The zero-order chi connectivity index (χ0) is 18.9. The fraction of sp³-hybridized carbons (Fsp3) is 0.176. The summed E-state index contributed by atoms with van der Waals surface area (Å²) in [6.45, 7) is 0. The van der Waals surface area contributed by atoms with Gasteiger partial charge in [0, 0.05) is 30.2 Å². The monoisotopic (exact) mass is 394 g/mol. The summed E-state index contributed by atoms with van der Waals surface area (Å²) in [6, 6.07) is 10.7. The zero-order valence-electron chi connectivity index (χ0n) is 13.7. The molecular formula is C17H15ClN2O5S. The molecule has 0 bridgehead atoms. The van der Waals surface area contributed by atoms with Gasteiger partial charge in [-0.15, -0.1) is 0 Å². The van der Waals surface area contributed by atoms with Gasteiger partial charge < -0.3 is 9.73 Å². The summed E-state index contributed by atoms with van der Waals surface area (Å²) < 4.78 is 31.2. The van der Waals surface area contributed by atoms with E-state index in [-0.39, 0.29) is 22.7 Å². The first-order valence-electron chi connectivity index (χ1n) is 7.64. The molecule has 0 saturated carbocycles. The highest BCUT2D eigenvalue weighted by molar-refractivity contribution is 7.91. The Balaban J connectivity index is 1.71. The summed E-state index contributed by atoms with van der Waals surface area (Å²) >= 11 is 5.77. The number of rotatable bonds is 5. The quantitative estimate of drug-likeness (QED) is 0.717. The maximum absolute atomic E-state index is 12.4. The number of fused-ring (bicyclic) bond motifs is 1. The van der Waals surface area contributed by atoms with E-state index >= 15 is 0 Å². The molecule has 9 heteroatoms. The van der Waals surface area contributed by atoms with E-state index in [1.54, 1.807) is 24.3 Å². The number of nitrogens with one attached hydrogen (secondary N) is 1. The van der Waals surface area contributed by atoms with Crippen LogP contribution in [0.3, 0.4) is 0 Å². The van der Waals surface area contributed by atoms with Crippen molar-refractivity contribution in [1.82, 2.24) is 4.57 Å². The highest BCUT2D eigenvalue weighted by atomic mass is 35.5. The van der Waals surface area contributed by atoms with Gasteiger partial charge in [-0.3, -0.25) is 9.36 Å². The molecule has 1 amide bonds. The van der Waals surface area contributed by atoms with Crippen LogP contribution in [-0.4, -0.2) is 24.6 Å². The Labute approximate surface area is 154 Å². The summed E-state index contributed by atoms with van der Waals surface area (Å²) in [6.07, 6.45) is -0.207. The average Bonchev–Trinajstić information content (AvgIpc) is 2.89. The molecule has 136 valence electrons. The number of amides is 1. The van der Waals surface area contributed by atoms with Crippen LogP contribution in [0.15, 0.2) is 56.6 Å². The molecule has 0 spiro atoms. The molecule has 0 unspecified atom stereocenters. The molecule has 3 rings (SSSR count). The van der Waals surface area contributed by atoms with Crippen LogP contribution >= 0.6 is 11.6 Å². The molecule has 0 fully saturated rings. The second-order valence-corrected chi connectivity index (χ2v) is 8.23. The molecular weight excluding hydrogens is 380 g/mol. The molecule has 1 N–H and O–H groups in total. The van der Waals surface area contributed by atoms with E-state index in [1.807, 2.05) is 0 Å². The first-order chi connectivity index (χ1) is 12.3. The largest absolute Gasteiger partial charge is 0.419 e. The Morgan fingerprint density at radius 1 is 1.19 bits per heavy atom. The van der Waals surface area contributed by atoms with Crippen molar-refractivity contribution in [1.29, 1.82) is 0 Å². The van der Waals surface area contributed by atoms with Gasteiger partial charge in [0.05, 0.1) is 16.2 Å². The first kappa shape index (κ1) is 18.2. The highest BCUT2D eigenvalue weighted by Gasteiger charge is 2.19. The second-order valence-electron chi connectivity index (χ2n) is 5.68. The van der Waals surface area contributed by atoms with E-state index in [4.69, 9.17) is 16.0 Å². The fourth-order valence-electron chi connectivity index (χ4n) is 2.41. The minimum absolute atomic E-state index is 0.00126. The van der Waals surface area contributed by atoms with Crippen LogP contribution in [0.4, 0.5) is 5.69 Å². The van der Waals surface area contributed by atoms with Gasteiger partial charge in [0.15, 0.2) is 15.4 Å². The number of oxazole rings is 1. The minimum Gasteiger partial charge on any atom is -0.408 e. The third-order valence-corrected chi connectivity index (χ3v) is 5.81. The lowest BCUT2D eigenvalue weighted by molar-refractivity contribution is -0.115. The van der Waals surface area contributed by atoms with Crippen molar-refractivity contribution in [2.75, 3.05) is 11.1 Å². The van der Waals surface area contributed by atoms with E-state index in [2.05, 4.69) is 5.32 Å².